The second-order valence-corrected chi connectivity index (χ2v) is 4.98. The number of benzene rings is 2. The van der Waals surface area contributed by atoms with Crippen LogP contribution in [0.5, 0.6) is 0 Å². The average molecular weight is 313 g/mol. The molecule has 1 unspecified atom stereocenters. The number of nitro benzene ring substituents is 1. The highest BCUT2D eigenvalue weighted by Crippen LogP contribution is 2.22. The lowest BCUT2D eigenvalue weighted by Crippen LogP contribution is -2.24. The molecule has 0 fully saturated rings. The standard InChI is InChI=1S/C17H15NO5/c1-11-14(9-6-10-15(11)18(21)22)17(20)23-12(2)16(19)13-7-4-3-5-8-13/h3-10,12H,1-2H3. The smallest absolute Gasteiger partial charge is 0.339 e. The van der Waals surface area contributed by atoms with E-state index in [0.29, 0.717) is 5.56 Å². The number of nitro groups is 1. The Morgan fingerprint density at radius 1 is 1.09 bits per heavy atom. The molecule has 6 nitrogen and oxygen atoms in total. The molecule has 0 aromatic heterocycles. The third-order valence-corrected chi connectivity index (χ3v) is 3.43. The molecule has 0 amide bonds. The van der Waals surface area contributed by atoms with Crippen LogP contribution < -0.4 is 0 Å². The van der Waals surface area contributed by atoms with Crippen molar-refractivity contribution in [2.24, 2.45) is 0 Å². The minimum atomic E-state index is -0.983. The van der Waals surface area contributed by atoms with Gasteiger partial charge in [-0.25, -0.2) is 4.79 Å². The number of hydrogen-bond donors (Lipinski definition) is 0. The predicted molar refractivity (Wildman–Crippen MR) is 83.5 cm³/mol. The van der Waals surface area contributed by atoms with E-state index < -0.39 is 17.0 Å². The molecule has 0 saturated heterocycles. The zero-order chi connectivity index (χ0) is 17.0. The van der Waals surface area contributed by atoms with Gasteiger partial charge in [-0.3, -0.25) is 14.9 Å². The number of Topliss-reactive ketones (excluding diaryl/α,β-unsaturated/α-hetero) is 1. The van der Waals surface area contributed by atoms with Crippen molar-refractivity contribution < 1.29 is 19.2 Å². The van der Waals surface area contributed by atoms with Gasteiger partial charge in [0.25, 0.3) is 5.69 Å². The predicted octanol–water partition coefficient (Wildman–Crippen LogP) is 3.33. The van der Waals surface area contributed by atoms with E-state index in [9.17, 15) is 19.7 Å². The summed E-state index contributed by atoms with van der Waals surface area (Å²) in [5.74, 6) is -1.09. The molecule has 0 heterocycles. The molecule has 0 saturated carbocycles. The summed E-state index contributed by atoms with van der Waals surface area (Å²) >= 11 is 0. The van der Waals surface area contributed by atoms with Crippen molar-refractivity contribution in [1.82, 2.24) is 0 Å². The third-order valence-electron chi connectivity index (χ3n) is 3.43. The van der Waals surface area contributed by atoms with E-state index in [1.807, 2.05) is 0 Å². The number of carbonyl (C=O) groups is 2. The SMILES string of the molecule is Cc1c(C(=O)OC(C)C(=O)c2ccccc2)cccc1[N+](=O)[O-]. The monoisotopic (exact) mass is 313 g/mol. The van der Waals surface area contributed by atoms with Crippen molar-refractivity contribution in [2.45, 2.75) is 20.0 Å². The highest BCUT2D eigenvalue weighted by Gasteiger charge is 2.23. The Morgan fingerprint density at radius 3 is 2.35 bits per heavy atom. The number of ketones is 1. The largest absolute Gasteiger partial charge is 0.451 e. The second-order valence-electron chi connectivity index (χ2n) is 4.98. The van der Waals surface area contributed by atoms with Crippen LogP contribution in [0.1, 0.15) is 33.2 Å². The molecule has 1 atom stereocenters. The van der Waals surface area contributed by atoms with Gasteiger partial charge in [0.15, 0.2) is 6.10 Å². The van der Waals surface area contributed by atoms with Crippen LogP contribution in [0.25, 0.3) is 0 Å². The minimum Gasteiger partial charge on any atom is -0.451 e. The Labute approximate surface area is 132 Å². The molecule has 0 aliphatic carbocycles. The first-order chi connectivity index (χ1) is 10.9. The fraction of sp³-hybridized carbons (Fsp3) is 0.176. The molecule has 2 rings (SSSR count). The van der Waals surface area contributed by atoms with Crippen LogP contribution >= 0.6 is 0 Å². The molecule has 0 radical (unpaired) electrons. The molecule has 0 aliphatic heterocycles. The maximum absolute atomic E-state index is 12.2. The van der Waals surface area contributed by atoms with E-state index in [1.54, 1.807) is 30.3 Å². The van der Waals surface area contributed by atoms with Crippen LogP contribution in [0.3, 0.4) is 0 Å². The minimum absolute atomic E-state index is 0.0758. The molecule has 2 aromatic rings. The topological polar surface area (TPSA) is 86.5 Å². The van der Waals surface area contributed by atoms with Crippen LogP contribution in [0.15, 0.2) is 48.5 Å². The van der Waals surface area contributed by atoms with Crippen molar-refractivity contribution in [3.63, 3.8) is 0 Å². The van der Waals surface area contributed by atoms with Gasteiger partial charge in [-0.1, -0.05) is 36.4 Å². The molecular formula is C17H15NO5. The number of rotatable bonds is 5. The van der Waals surface area contributed by atoms with Gasteiger partial charge in [-0.2, -0.15) is 0 Å². The van der Waals surface area contributed by atoms with Crippen LogP contribution in [-0.2, 0) is 4.74 Å². The Balaban J connectivity index is 2.18. The number of nitrogens with zero attached hydrogens (tertiary/aromatic N) is 1. The molecular weight excluding hydrogens is 298 g/mol. The summed E-state index contributed by atoms with van der Waals surface area (Å²) < 4.78 is 5.16. The summed E-state index contributed by atoms with van der Waals surface area (Å²) in [5.41, 5.74) is 0.554. The first-order valence-corrected chi connectivity index (χ1v) is 6.96. The molecule has 0 spiro atoms. The summed E-state index contributed by atoms with van der Waals surface area (Å²) in [5, 5.41) is 10.9. The van der Waals surface area contributed by atoms with Crippen molar-refractivity contribution in [2.75, 3.05) is 0 Å². The number of ether oxygens (including phenoxy) is 1. The summed E-state index contributed by atoms with van der Waals surface area (Å²) in [4.78, 5) is 34.7. The average Bonchev–Trinajstić information content (AvgIpc) is 2.54. The van der Waals surface area contributed by atoms with Gasteiger partial charge in [-0.15, -0.1) is 0 Å². The summed E-state index contributed by atoms with van der Waals surface area (Å²) in [7, 11) is 0. The van der Waals surface area contributed by atoms with Gasteiger partial charge < -0.3 is 4.74 Å². The molecule has 0 aliphatic rings. The zero-order valence-electron chi connectivity index (χ0n) is 12.7. The quantitative estimate of drug-likeness (QED) is 0.366. The highest BCUT2D eigenvalue weighted by molar-refractivity contribution is 6.01. The van der Waals surface area contributed by atoms with Crippen molar-refractivity contribution >= 4 is 17.4 Å². The molecule has 118 valence electrons. The van der Waals surface area contributed by atoms with E-state index in [-0.39, 0.29) is 22.6 Å². The first-order valence-electron chi connectivity index (χ1n) is 6.96. The molecule has 2 aromatic carbocycles. The van der Waals surface area contributed by atoms with E-state index >= 15 is 0 Å². The van der Waals surface area contributed by atoms with Crippen molar-refractivity contribution in [3.05, 3.63) is 75.3 Å². The maximum atomic E-state index is 12.2. The van der Waals surface area contributed by atoms with Crippen molar-refractivity contribution in [1.29, 1.82) is 0 Å². The van der Waals surface area contributed by atoms with Gasteiger partial charge in [0.05, 0.1) is 10.5 Å². The molecule has 6 heteroatoms. The van der Waals surface area contributed by atoms with Crippen LogP contribution in [-0.4, -0.2) is 22.8 Å². The fourth-order valence-electron chi connectivity index (χ4n) is 2.16. The number of esters is 1. The third kappa shape index (κ3) is 3.60. The molecule has 0 N–H and O–H groups in total. The van der Waals surface area contributed by atoms with Gasteiger partial charge in [0, 0.05) is 17.2 Å². The van der Waals surface area contributed by atoms with Gasteiger partial charge in [0.1, 0.15) is 0 Å². The number of carbonyl (C=O) groups excluding carboxylic acids is 2. The van der Waals surface area contributed by atoms with Gasteiger partial charge >= 0.3 is 5.97 Å². The Hall–Kier alpha value is -3.02. The normalized spacial score (nSPS) is 11.6. The van der Waals surface area contributed by atoms with Crippen LogP contribution in [0, 0.1) is 17.0 Å². The first kappa shape index (κ1) is 16.4. The Morgan fingerprint density at radius 2 is 1.74 bits per heavy atom. The maximum Gasteiger partial charge on any atom is 0.339 e. The molecule has 0 bridgehead atoms. The summed E-state index contributed by atoms with van der Waals surface area (Å²) in [6.45, 7) is 2.94. The zero-order valence-corrected chi connectivity index (χ0v) is 12.7. The van der Waals surface area contributed by atoms with Crippen LogP contribution in [0.4, 0.5) is 5.69 Å². The second kappa shape index (κ2) is 6.83. The summed E-state index contributed by atoms with van der Waals surface area (Å²) in [6, 6.07) is 12.6. The lowest BCUT2D eigenvalue weighted by Gasteiger charge is -2.13. The lowest BCUT2D eigenvalue weighted by molar-refractivity contribution is -0.385. The van der Waals surface area contributed by atoms with Gasteiger partial charge in [0.2, 0.25) is 5.78 Å². The van der Waals surface area contributed by atoms with E-state index in [0.717, 1.165) is 0 Å². The van der Waals surface area contributed by atoms with E-state index in [4.69, 9.17) is 4.74 Å². The van der Waals surface area contributed by atoms with E-state index in [1.165, 1.54) is 32.0 Å². The lowest BCUT2D eigenvalue weighted by atomic mass is 10.1. The van der Waals surface area contributed by atoms with Crippen molar-refractivity contribution in [3.8, 4) is 0 Å². The fourth-order valence-corrected chi connectivity index (χ4v) is 2.16. The van der Waals surface area contributed by atoms with Crippen LogP contribution in [0.2, 0.25) is 0 Å². The van der Waals surface area contributed by atoms with Gasteiger partial charge in [-0.05, 0) is 19.9 Å². The Bertz CT molecular complexity index is 755. The summed E-state index contributed by atoms with van der Waals surface area (Å²) in [6.07, 6.45) is -0.983. The van der Waals surface area contributed by atoms with E-state index in [2.05, 4.69) is 0 Å². The molecule has 23 heavy (non-hydrogen) atoms. The number of hydrogen-bond acceptors (Lipinski definition) is 5. The Kier molecular flexibility index (Phi) is 4.85. The highest BCUT2D eigenvalue weighted by atomic mass is 16.6.